The van der Waals surface area contributed by atoms with Gasteiger partial charge in [0.2, 0.25) is 0 Å². The number of nitrogens with one attached hydrogen (secondary N) is 2. The number of hydrogen-bond acceptors (Lipinski definition) is 3. The highest BCUT2D eigenvalue weighted by atomic mass is 16.1. The molecule has 0 radical (unpaired) electrons. The zero-order valence-corrected chi connectivity index (χ0v) is 12.1. The molecule has 2 N–H and O–H groups in total. The summed E-state index contributed by atoms with van der Waals surface area (Å²) >= 11 is 0. The Morgan fingerprint density at radius 2 is 2.11 bits per heavy atom. The first-order chi connectivity index (χ1) is 9.08. The SMILES string of the molecule is Cc1n[nH]c(C)c1C(=O)NCCN1CCC(C)CC1. The fraction of sp³-hybridized carbons (Fsp3) is 0.714. The Hall–Kier alpha value is -1.36. The number of carbonyl (C=O) groups is 1. The number of piperidine rings is 1. The van der Waals surface area contributed by atoms with Gasteiger partial charge in [0, 0.05) is 18.8 Å². The van der Waals surface area contributed by atoms with Gasteiger partial charge in [-0.15, -0.1) is 0 Å². The molecule has 106 valence electrons. The molecule has 0 aliphatic carbocycles. The average Bonchev–Trinajstić information content (AvgIpc) is 2.71. The van der Waals surface area contributed by atoms with Gasteiger partial charge >= 0.3 is 0 Å². The maximum Gasteiger partial charge on any atom is 0.255 e. The summed E-state index contributed by atoms with van der Waals surface area (Å²) < 4.78 is 0. The van der Waals surface area contributed by atoms with Crippen LogP contribution < -0.4 is 5.32 Å². The van der Waals surface area contributed by atoms with Crippen LogP contribution in [0.3, 0.4) is 0 Å². The van der Waals surface area contributed by atoms with Gasteiger partial charge in [0.1, 0.15) is 0 Å². The molecule has 19 heavy (non-hydrogen) atoms. The molecule has 1 amide bonds. The number of nitrogens with zero attached hydrogens (tertiary/aromatic N) is 2. The van der Waals surface area contributed by atoms with E-state index < -0.39 is 0 Å². The molecular formula is C14H24N4O. The number of H-pyrrole nitrogens is 1. The van der Waals surface area contributed by atoms with Gasteiger partial charge in [0.25, 0.3) is 5.91 Å². The summed E-state index contributed by atoms with van der Waals surface area (Å²) in [6.07, 6.45) is 2.54. The summed E-state index contributed by atoms with van der Waals surface area (Å²) in [5, 5.41) is 9.87. The first-order valence-corrected chi connectivity index (χ1v) is 7.10. The zero-order valence-electron chi connectivity index (χ0n) is 12.1. The molecule has 1 aliphatic rings. The lowest BCUT2D eigenvalue weighted by molar-refractivity contribution is 0.0943. The van der Waals surface area contributed by atoms with Crippen molar-refractivity contribution >= 4 is 5.91 Å². The Kier molecular flexibility index (Phi) is 4.58. The summed E-state index contributed by atoms with van der Waals surface area (Å²) in [6.45, 7) is 9.99. The lowest BCUT2D eigenvalue weighted by Gasteiger charge is -2.30. The number of aromatic nitrogens is 2. The predicted molar refractivity (Wildman–Crippen MR) is 75.2 cm³/mol. The molecule has 5 heteroatoms. The fourth-order valence-electron chi connectivity index (χ4n) is 2.59. The number of rotatable bonds is 4. The Morgan fingerprint density at radius 3 is 2.68 bits per heavy atom. The van der Waals surface area contributed by atoms with E-state index >= 15 is 0 Å². The van der Waals surface area contributed by atoms with Gasteiger partial charge in [-0.25, -0.2) is 0 Å². The highest BCUT2D eigenvalue weighted by molar-refractivity contribution is 5.96. The van der Waals surface area contributed by atoms with Crippen LogP contribution in [-0.4, -0.2) is 47.2 Å². The molecule has 0 bridgehead atoms. The van der Waals surface area contributed by atoms with Crippen molar-refractivity contribution < 1.29 is 4.79 Å². The predicted octanol–water partition coefficient (Wildman–Crippen LogP) is 1.49. The number of amides is 1. The minimum absolute atomic E-state index is 0.0193. The quantitative estimate of drug-likeness (QED) is 0.866. The van der Waals surface area contributed by atoms with E-state index in [9.17, 15) is 4.79 Å². The van der Waals surface area contributed by atoms with Gasteiger partial charge < -0.3 is 10.2 Å². The molecule has 1 fully saturated rings. The average molecular weight is 264 g/mol. The van der Waals surface area contributed by atoms with Crippen LogP contribution in [0.4, 0.5) is 0 Å². The van der Waals surface area contributed by atoms with Crippen molar-refractivity contribution in [1.82, 2.24) is 20.4 Å². The molecule has 2 rings (SSSR count). The topological polar surface area (TPSA) is 61.0 Å². The Balaban J connectivity index is 1.75. The molecule has 2 heterocycles. The Morgan fingerprint density at radius 1 is 1.42 bits per heavy atom. The van der Waals surface area contributed by atoms with Crippen molar-refractivity contribution in [1.29, 1.82) is 0 Å². The van der Waals surface area contributed by atoms with Crippen LogP contribution in [0.15, 0.2) is 0 Å². The second kappa shape index (κ2) is 6.19. The molecule has 5 nitrogen and oxygen atoms in total. The minimum Gasteiger partial charge on any atom is -0.351 e. The standard InChI is InChI=1S/C14H24N4O/c1-10-4-7-18(8-5-10)9-6-15-14(19)13-11(2)16-17-12(13)3/h10H,4-9H2,1-3H3,(H,15,19)(H,16,17). The highest BCUT2D eigenvalue weighted by Crippen LogP contribution is 2.15. The van der Waals surface area contributed by atoms with Crippen LogP contribution in [0.2, 0.25) is 0 Å². The maximum atomic E-state index is 12.1. The molecule has 1 aromatic heterocycles. The van der Waals surface area contributed by atoms with E-state index in [1.54, 1.807) is 0 Å². The summed E-state index contributed by atoms with van der Waals surface area (Å²) in [6, 6.07) is 0. The first-order valence-electron chi connectivity index (χ1n) is 7.10. The third-order valence-electron chi connectivity index (χ3n) is 3.95. The smallest absolute Gasteiger partial charge is 0.255 e. The third kappa shape index (κ3) is 3.56. The van der Waals surface area contributed by atoms with Gasteiger partial charge in [-0.3, -0.25) is 9.89 Å². The number of likely N-dealkylation sites (tertiary alicyclic amines) is 1. The van der Waals surface area contributed by atoms with Crippen LogP contribution in [0.25, 0.3) is 0 Å². The molecule has 0 spiro atoms. The van der Waals surface area contributed by atoms with E-state index in [2.05, 4.69) is 27.3 Å². The van der Waals surface area contributed by atoms with Crippen molar-refractivity contribution in [3.05, 3.63) is 17.0 Å². The molecule has 0 aromatic carbocycles. The lowest BCUT2D eigenvalue weighted by Crippen LogP contribution is -2.39. The number of aryl methyl sites for hydroxylation is 2. The second-order valence-corrected chi connectivity index (χ2v) is 5.59. The third-order valence-corrected chi connectivity index (χ3v) is 3.95. The molecule has 0 unspecified atom stereocenters. The highest BCUT2D eigenvalue weighted by Gasteiger charge is 2.17. The van der Waals surface area contributed by atoms with E-state index in [1.807, 2.05) is 13.8 Å². The van der Waals surface area contributed by atoms with E-state index in [0.717, 1.165) is 36.9 Å². The monoisotopic (exact) mass is 264 g/mol. The van der Waals surface area contributed by atoms with E-state index in [0.29, 0.717) is 12.1 Å². The molecule has 0 saturated carbocycles. The second-order valence-electron chi connectivity index (χ2n) is 5.59. The number of hydrogen-bond donors (Lipinski definition) is 2. The summed E-state index contributed by atoms with van der Waals surface area (Å²) in [7, 11) is 0. The molecule has 1 aliphatic heterocycles. The van der Waals surface area contributed by atoms with E-state index in [4.69, 9.17) is 0 Å². The number of carbonyl (C=O) groups excluding carboxylic acids is 1. The Bertz CT molecular complexity index is 413. The molecule has 0 atom stereocenters. The largest absolute Gasteiger partial charge is 0.351 e. The van der Waals surface area contributed by atoms with Gasteiger partial charge in [0.05, 0.1) is 11.3 Å². The van der Waals surface area contributed by atoms with Crippen LogP contribution in [0.5, 0.6) is 0 Å². The van der Waals surface area contributed by atoms with Crippen LogP contribution in [0.1, 0.15) is 41.5 Å². The van der Waals surface area contributed by atoms with Crippen LogP contribution in [0, 0.1) is 19.8 Å². The fourth-order valence-corrected chi connectivity index (χ4v) is 2.59. The summed E-state index contributed by atoms with van der Waals surface area (Å²) in [5.74, 6) is 0.830. The van der Waals surface area contributed by atoms with Crippen molar-refractivity contribution in [2.45, 2.75) is 33.6 Å². The maximum absolute atomic E-state index is 12.1. The molecule has 1 saturated heterocycles. The van der Waals surface area contributed by atoms with Crippen molar-refractivity contribution in [2.24, 2.45) is 5.92 Å². The zero-order chi connectivity index (χ0) is 13.8. The normalized spacial score (nSPS) is 17.6. The summed E-state index contributed by atoms with van der Waals surface area (Å²) in [4.78, 5) is 14.5. The number of aromatic amines is 1. The van der Waals surface area contributed by atoms with Gasteiger partial charge in [-0.1, -0.05) is 6.92 Å². The van der Waals surface area contributed by atoms with Crippen LogP contribution >= 0.6 is 0 Å². The van der Waals surface area contributed by atoms with Crippen LogP contribution in [-0.2, 0) is 0 Å². The van der Waals surface area contributed by atoms with E-state index in [-0.39, 0.29) is 5.91 Å². The lowest BCUT2D eigenvalue weighted by atomic mass is 9.99. The Labute approximate surface area is 114 Å². The first kappa shape index (κ1) is 14.1. The molecule has 1 aromatic rings. The van der Waals surface area contributed by atoms with Crippen molar-refractivity contribution in [3.8, 4) is 0 Å². The summed E-state index contributed by atoms with van der Waals surface area (Å²) in [5.41, 5.74) is 2.29. The van der Waals surface area contributed by atoms with Gasteiger partial charge in [-0.2, -0.15) is 5.10 Å². The molecular weight excluding hydrogens is 240 g/mol. The van der Waals surface area contributed by atoms with E-state index in [1.165, 1.54) is 12.8 Å². The van der Waals surface area contributed by atoms with Gasteiger partial charge in [-0.05, 0) is 45.7 Å². The van der Waals surface area contributed by atoms with Crippen molar-refractivity contribution in [2.75, 3.05) is 26.2 Å². The van der Waals surface area contributed by atoms with Crippen molar-refractivity contribution in [3.63, 3.8) is 0 Å². The van der Waals surface area contributed by atoms with Gasteiger partial charge in [0.15, 0.2) is 0 Å². The minimum atomic E-state index is -0.0193.